The first-order chi connectivity index (χ1) is 18.4. The van der Waals surface area contributed by atoms with Crippen LogP contribution in [0.2, 0.25) is 0 Å². The van der Waals surface area contributed by atoms with Crippen LogP contribution >= 0.6 is 0 Å². The number of nitrogens with one attached hydrogen (secondary N) is 2. The molecule has 7 nitrogen and oxygen atoms in total. The second-order valence-electron chi connectivity index (χ2n) is 9.61. The van der Waals surface area contributed by atoms with E-state index in [9.17, 15) is 14.4 Å². The molecule has 0 aromatic heterocycles. The summed E-state index contributed by atoms with van der Waals surface area (Å²) in [7, 11) is 1.29. The van der Waals surface area contributed by atoms with Gasteiger partial charge in [0.2, 0.25) is 5.91 Å². The van der Waals surface area contributed by atoms with Crippen molar-refractivity contribution in [3.05, 3.63) is 95.6 Å². The van der Waals surface area contributed by atoms with E-state index in [1.54, 1.807) is 0 Å². The van der Waals surface area contributed by atoms with Crippen LogP contribution in [0.3, 0.4) is 0 Å². The van der Waals surface area contributed by atoms with Crippen LogP contribution in [-0.2, 0) is 25.5 Å². The van der Waals surface area contributed by atoms with Gasteiger partial charge in [-0.2, -0.15) is 0 Å². The number of fused-ring (bicyclic) bond motifs is 3. The van der Waals surface area contributed by atoms with Crippen LogP contribution in [0.5, 0.6) is 0 Å². The smallest absolute Gasteiger partial charge is 0.407 e. The summed E-state index contributed by atoms with van der Waals surface area (Å²) in [5.41, 5.74) is 5.35. The average molecular weight is 515 g/mol. The van der Waals surface area contributed by atoms with Crippen molar-refractivity contribution in [1.82, 2.24) is 10.6 Å². The Balaban J connectivity index is 1.48. The molecule has 1 unspecified atom stereocenters. The molecule has 0 saturated heterocycles. The molecule has 0 bridgehead atoms. The fraction of sp³-hybridized carbons (Fsp3) is 0.323. The Morgan fingerprint density at radius 2 is 1.42 bits per heavy atom. The predicted octanol–water partition coefficient (Wildman–Crippen LogP) is 4.84. The van der Waals surface area contributed by atoms with Crippen LogP contribution in [-0.4, -0.2) is 43.8 Å². The zero-order valence-corrected chi connectivity index (χ0v) is 22.0. The van der Waals surface area contributed by atoms with Crippen molar-refractivity contribution in [3.63, 3.8) is 0 Å². The molecule has 3 aromatic carbocycles. The maximum atomic E-state index is 13.3. The third-order valence-corrected chi connectivity index (χ3v) is 7.20. The number of hydrogen-bond acceptors (Lipinski definition) is 5. The number of benzene rings is 3. The van der Waals surface area contributed by atoms with E-state index in [0.717, 1.165) is 27.8 Å². The second kappa shape index (κ2) is 12.4. The third-order valence-electron chi connectivity index (χ3n) is 7.20. The molecule has 0 saturated carbocycles. The lowest BCUT2D eigenvalue weighted by Gasteiger charge is -2.25. The van der Waals surface area contributed by atoms with Gasteiger partial charge in [-0.15, -0.1) is 0 Å². The van der Waals surface area contributed by atoms with E-state index in [4.69, 9.17) is 9.47 Å². The van der Waals surface area contributed by atoms with Crippen LogP contribution in [0.4, 0.5) is 4.79 Å². The van der Waals surface area contributed by atoms with Crippen LogP contribution in [0.25, 0.3) is 11.1 Å². The summed E-state index contributed by atoms with van der Waals surface area (Å²) >= 11 is 0. The first-order valence-electron chi connectivity index (χ1n) is 13.0. The number of ether oxygens (including phenoxy) is 2. The minimum Gasteiger partial charge on any atom is -0.467 e. The van der Waals surface area contributed by atoms with Gasteiger partial charge in [-0.25, -0.2) is 9.59 Å². The summed E-state index contributed by atoms with van der Waals surface area (Å²) in [5, 5.41) is 5.51. The molecule has 2 N–H and O–H groups in total. The second-order valence-corrected chi connectivity index (χ2v) is 9.61. The van der Waals surface area contributed by atoms with Gasteiger partial charge in [0, 0.05) is 12.3 Å². The van der Waals surface area contributed by atoms with Crippen molar-refractivity contribution >= 4 is 18.0 Å². The molecule has 2 amide bonds. The van der Waals surface area contributed by atoms with E-state index in [-0.39, 0.29) is 24.9 Å². The van der Waals surface area contributed by atoms with Gasteiger partial charge in [-0.05, 0) is 33.7 Å². The van der Waals surface area contributed by atoms with Crippen molar-refractivity contribution in [2.24, 2.45) is 5.92 Å². The van der Waals surface area contributed by atoms with Gasteiger partial charge in [0.15, 0.2) is 0 Å². The largest absolute Gasteiger partial charge is 0.467 e. The van der Waals surface area contributed by atoms with Crippen molar-refractivity contribution < 1.29 is 23.9 Å². The minimum atomic E-state index is -0.940. The molecule has 0 spiro atoms. The zero-order chi connectivity index (χ0) is 27.1. The molecule has 1 aliphatic rings. The number of carbonyl (C=O) groups is 3. The third kappa shape index (κ3) is 6.05. The number of methoxy groups -OCH3 is 1. The van der Waals surface area contributed by atoms with E-state index in [1.165, 1.54) is 7.11 Å². The average Bonchev–Trinajstić information content (AvgIpc) is 3.27. The molecule has 198 valence electrons. The standard InChI is InChI=1S/C31H34N2O5/c1-4-20(2)28(30(35)37-3)33-29(34)27(18-21-12-6-5-7-13-21)32-31(36)38-19-26-24-16-10-8-14-22(24)23-15-9-11-17-25(23)26/h5-17,20,26-28H,4,18-19H2,1-3H3,(H,32,36)(H,33,34)/t20?,27-,28-/m0/s1. The molecule has 7 heteroatoms. The van der Waals surface area contributed by atoms with Crippen molar-refractivity contribution in [3.8, 4) is 11.1 Å². The van der Waals surface area contributed by atoms with Gasteiger partial charge in [-0.1, -0.05) is 99.1 Å². The highest BCUT2D eigenvalue weighted by atomic mass is 16.5. The van der Waals surface area contributed by atoms with E-state index < -0.39 is 30.1 Å². The Hall–Kier alpha value is -4.13. The van der Waals surface area contributed by atoms with Crippen LogP contribution < -0.4 is 10.6 Å². The SMILES string of the molecule is CCC(C)[C@H](NC(=O)[C@H](Cc1ccccc1)NC(=O)OCC1c2ccccc2-c2ccccc21)C(=O)OC. The Morgan fingerprint density at radius 1 is 0.842 bits per heavy atom. The molecular formula is C31H34N2O5. The number of esters is 1. The molecule has 1 aliphatic carbocycles. The molecular weight excluding hydrogens is 480 g/mol. The maximum Gasteiger partial charge on any atom is 0.407 e. The Morgan fingerprint density at radius 3 is 2.00 bits per heavy atom. The topological polar surface area (TPSA) is 93.7 Å². The number of hydrogen-bond donors (Lipinski definition) is 2. The van der Waals surface area contributed by atoms with Gasteiger partial charge >= 0.3 is 12.1 Å². The number of carbonyl (C=O) groups excluding carboxylic acids is 3. The van der Waals surface area contributed by atoms with E-state index in [0.29, 0.717) is 6.42 Å². The molecule has 0 aliphatic heterocycles. The van der Waals surface area contributed by atoms with Crippen molar-refractivity contribution in [2.75, 3.05) is 13.7 Å². The fourth-order valence-corrected chi connectivity index (χ4v) is 4.89. The molecule has 3 aromatic rings. The molecule has 0 fully saturated rings. The maximum absolute atomic E-state index is 13.3. The summed E-state index contributed by atoms with van der Waals surface area (Å²) in [4.78, 5) is 38.7. The molecule has 3 atom stereocenters. The van der Waals surface area contributed by atoms with E-state index >= 15 is 0 Å². The molecule has 4 rings (SSSR count). The summed E-state index contributed by atoms with van der Waals surface area (Å²) in [5.74, 6) is -1.23. The molecule has 0 heterocycles. The van der Waals surface area contributed by atoms with Gasteiger partial charge < -0.3 is 20.1 Å². The number of rotatable bonds is 10. The zero-order valence-electron chi connectivity index (χ0n) is 22.0. The van der Waals surface area contributed by atoms with Crippen LogP contribution in [0, 0.1) is 5.92 Å². The van der Waals surface area contributed by atoms with E-state index in [2.05, 4.69) is 34.9 Å². The highest BCUT2D eigenvalue weighted by Gasteiger charge is 2.32. The normalized spacial score (nSPS) is 14.4. The minimum absolute atomic E-state index is 0.0938. The monoisotopic (exact) mass is 514 g/mol. The Labute approximate surface area is 223 Å². The van der Waals surface area contributed by atoms with Crippen molar-refractivity contribution in [2.45, 2.75) is 44.7 Å². The number of amides is 2. The highest BCUT2D eigenvalue weighted by Crippen LogP contribution is 2.44. The summed E-state index contributed by atoms with van der Waals surface area (Å²) in [6, 6.07) is 23.8. The van der Waals surface area contributed by atoms with Crippen molar-refractivity contribution in [1.29, 1.82) is 0 Å². The van der Waals surface area contributed by atoms with Gasteiger partial charge in [-0.3, -0.25) is 4.79 Å². The lowest BCUT2D eigenvalue weighted by molar-refractivity contribution is -0.146. The predicted molar refractivity (Wildman–Crippen MR) is 146 cm³/mol. The molecule has 0 radical (unpaired) electrons. The summed E-state index contributed by atoms with van der Waals surface area (Å²) < 4.78 is 10.6. The van der Waals surface area contributed by atoms with E-state index in [1.807, 2.05) is 68.4 Å². The summed E-state index contributed by atoms with van der Waals surface area (Å²) in [6.07, 6.45) is 0.218. The van der Waals surface area contributed by atoms with Gasteiger partial charge in [0.1, 0.15) is 18.7 Å². The Kier molecular flexibility index (Phi) is 8.79. The van der Waals surface area contributed by atoms with Gasteiger partial charge in [0.05, 0.1) is 7.11 Å². The quantitative estimate of drug-likeness (QED) is 0.378. The first-order valence-corrected chi connectivity index (χ1v) is 13.0. The van der Waals surface area contributed by atoms with Gasteiger partial charge in [0.25, 0.3) is 0 Å². The van der Waals surface area contributed by atoms with Crippen LogP contribution in [0.15, 0.2) is 78.9 Å². The lowest BCUT2D eigenvalue weighted by Crippen LogP contribution is -2.54. The Bertz CT molecular complexity index is 1230. The first kappa shape index (κ1) is 26.9. The fourth-order valence-electron chi connectivity index (χ4n) is 4.89. The molecule has 38 heavy (non-hydrogen) atoms. The van der Waals surface area contributed by atoms with Crippen LogP contribution in [0.1, 0.15) is 42.9 Å². The number of alkyl carbamates (subject to hydrolysis) is 1. The lowest BCUT2D eigenvalue weighted by atomic mass is 9.98. The summed E-state index contributed by atoms with van der Waals surface area (Å²) in [6.45, 7) is 3.94. The highest BCUT2D eigenvalue weighted by molar-refractivity contribution is 5.90.